The number of anilines is 1. The average Bonchev–Trinajstić information content (AvgIpc) is 3.20. The smallest absolute Gasteiger partial charge is 0.416 e. The van der Waals surface area contributed by atoms with Gasteiger partial charge in [-0.05, 0) is 30.3 Å². The quantitative estimate of drug-likeness (QED) is 0.479. The minimum absolute atomic E-state index is 0.0947. The predicted octanol–water partition coefficient (Wildman–Crippen LogP) is 3.87. The summed E-state index contributed by atoms with van der Waals surface area (Å²) in [7, 11) is 0. The van der Waals surface area contributed by atoms with Crippen molar-refractivity contribution in [3.8, 4) is 5.69 Å². The Kier molecular flexibility index (Phi) is 6.01. The second-order valence-corrected chi connectivity index (χ2v) is 6.20. The van der Waals surface area contributed by atoms with Crippen molar-refractivity contribution in [2.75, 3.05) is 11.9 Å². The molecule has 1 heterocycles. The Labute approximate surface area is 171 Å². The summed E-state index contributed by atoms with van der Waals surface area (Å²) in [4.78, 5) is 27.8. The number of halogens is 5. The SMILES string of the molecule is O=C(COC(=O)c1c(F)cccc1Cl)Nc1cc(C(F)(F)F)ccc1-n1cncn1. The Morgan fingerprint density at radius 1 is 1.20 bits per heavy atom. The van der Waals surface area contributed by atoms with Crippen molar-refractivity contribution >= 4 is 29.2 Å². The van der Waals surface area contributed by atoms with Crippen LogP contribution in [-0.2, 0) is 15.7 Å². The van der Waals surface area contributed by atoms with Crippen LogP contribution in [0.5, 0.6) is 0 Å². The predicted molar refractivity (Wildman–Crippen MR) is 96.7 cm³/mol. The van der Waals surface area contributed by atoms with Crippen LogP contribution in [0.25, 0.3) is 5.69 Å². The first-order chi connectivity index (χ1) is 14.2. The molecule has 0 bridgehead atoms. The summed E-state index contributed by atoms with van der Waals surface area (Å²) in [6.07, 6.45) is -2.28. The van der Waals surface area contributed by atoms with E-state index in [2.05, 4.69) is 15.4 Å². The number of ether oxygens (including phenoxy) is 1. The van der Waals surface area contributed by atoms with Gasteiger partial charge in [0.25, 0.3) is 5.91 Å². The molecule has 1 amide bonds. The van der Waals surface area contributed by atoms with Gasteiger partial charge in [-0.25, -0.2) is 18.9 Å². The molecular weight excluding hydrogens is 432 g/mol. The first-order valence-corrected chi connectivity index (χ1v) is 8.52. The number of nitrogens with one attached hydrogen (secondary N) is 1. The molecule has 1 aromatic heterocycles. The monoisotopic (exact) mass is 442 g/mol. The highest BCUT2D eigenvalue weighted by molar-refractivity contribution is 6.33. The maximum absolute atomic E-state index is 13.7. The first kappa shape index (κ1) is 21.2. The maximum Gasteiger partial charge on any atom is 0.416 e. The van der Waals surface area contributed by atoms with Crippen LogP contribution in [0.15, 0.2) is 49.1 Å². The van der Waals surface area contributed by atoms with Gasteiger partial charge in [0.2, 0.25) is 0 Å². The molecule has 0 saturated heterocycles. The molecule has 156 valence electrons. The average molecular weight is 443 g/mol. The minimum atomic E-state index is -4.66. The van der Waals surface area contributed by atoms with E-state index in [1.807, 2.05) is 0 Å². The van der Waals surface area contributed by atoms with Gasteiger partial charge in [-0.2, -0.15) is 18.3 Å². The Balaban J connectivity index is 1.78. The zero-order valence-corrected chi connectivity index (χ0v) is 15.5. The van der Waals surface area contributed by atoms with Crippen molar-refractivity contribution < 1.29 is 31.9 Å². The summed E-state index contributed by atoms with van der Waals surface area (Å²) < 4.78 is 58.7. The molecule has 0 radical (unpaired) electrons. The lowest BCUT2D eigenvalue weighted by Crippen LogP contribution is -2.22. The van der Waals surface area contributed by atoms with E-state index in [1.54, 1.807) is 0 Å². The van der Waals surface area contributed by atoms with E-state index in [0.717, 1.165) is 29.2 Å². The second-order valence-electron chi connectivity index (χ2n) is 5.79. The Bertz CT molecular complexity index is 1070. The van der Waals surface area contributed by atoms with Gasteiger partial charge in [0, 0.05) is 0 Å². The van der Waals surface area contributed by atoms with E-state index in [4.69, 9.17) is 16.3 Å². The maximum atomic E-state index is 13.7. The molecule has 0 aliphatic carbocycles. The largest absolute Gasteiger partial charge is 0.452 e. The van der Waals surface area contributed by atoms with Crippen LogP contribution in [0.1, 0.15) is 15.9 Å². The zero-order valence-electron chi connectivity index (χ0n) is 14.8. The van der Waals surface area contributed by atoms with Crippen molar-refractivity contribution in [2.45, 2.75) is 6.18 Å². The van der Waals surface area contributed by atoms with Crippen molar-refractivity contribution in [2.24, 2.45) is 0 Å². The lowest BCUT2D eigenvalue weighted by Gasteiger charge is -2.14. The standard InChI is InChI=1S/C18H11ClF4N4O3/c19-11-2-1-3-12(20)16(11)17(29)30-7-15(28)26-13-6-10(18(21,22)23)4-5-14(13)27-9-24-8-25-27/h1-6,8-9H,7H2,(H,26,28). The number of hydrogen-bond acceptors (Lipinski definition) is 5. The highest BCUT2D eigenvalue weighted by atomic mass is 35.5. The molecule has 0 aliphatic rings. The molecular formula is C18H11ClF4N4O3. The van der Waals surface area contributed by atoms with E-state index in [0.29, 0.717) is 6.07 Å². The van der Waals surface area contributed by atoms with E-state index in [1.165, 1.54) is 18.5 Å². The summed E-state index contributed by atoms with van der Waals surface area (Å²) >= 11 is 5.74. The van der Waals surface area contributed by atoms with Gasteiger partial charge in [0.05, 0.1) is 22.0 Å². The fourth-order valence-corrected chi connectivity index (χ4v) is 2.67. The molecule has 3 aromatic rings. The Morgan fingerprint density at radius 2 is 1.97 bits per heavy atom. The van der Waals surface area contributed by atoms with Gasteiger partial charge in [0.1, 0.15) is 24.0 Å². The molecule has 0 saturated carbocycles. The zero-order chi connectivity index (χ0) is 21.9. The third-order valence-corrected chi connectivity index (χ3v) is 4.08. The third-order valence-electron chi connectivity index (χ3n) is 3.76. The van der Waals surface area contributed by atoms with Gasteiger partial charge in [-0.15, -0.1) is 0 Å². The topological polar surface area (TPSA) is 86.1 Å². The highest BCUT2D eigenvalue weighted by Crippen LogP contribution is 2.33. The number of alkyl halides is 3. The minimum Gasteiger partial charge on any atom is -0.452 e. The lowest BCUT2D eigenvalue weighted by atomic mass is 10.1. The molecule has 1 N–H and O–H groups in total. The molecule has 12 heteroatoms. The van der Waals surface area contributed by atoms with Crippen molar-refractivity contribution in [1.29, 1.82) is 0 Å². The summed E-state index contributed by atoms with van der Waals surface area (Å²) in [6.45, 7) is -0.892. The van der Waals surface area contributed by atoms with Gasteiger partial charge in [0.15, 0.2) is 6.61 Å². The fraction of sp³-hybridized carbons (Fsp3) is 0.111. The van der Waals surface area contributed by atoms with E-state index < -0.39 is 41.6 Å². The van der Waals surface area contributed by atoms with Crippen LogP contribution >= 0.6 is 11.6 Å². The van der Waals surface area contributed by atoms with Crippen LogP contribution < -0.4 is 5.32 Å². The Morgan fingerprint density at radius 3 is 2.60 bits per heavy atom. The van der Waals surface area contributed by atoms with Crippen molar-refractivity contribution in [3.05, 3.63) is 71.0 Å². The molecule has 2 aromatic carbocycles. The number of nitrogens with zero attached hydrogens (tertiary/aromatic N) is 3. The Hall–Kier alpha value is -3.47. The van der Waals surface area contributed by atoms with Gasteiger partial charge in [-0.1, -0.05) is 17.7 Å². The number of carbonyl (C=O) groups excluding carboxylic acids is 2. The van der Waals surface area contributed by atoms with Gasteiger partial charge < -0.3 is 10.1 Å². The number of carbonyl (C=O) groups is 2. The van der Waals surface area contributed by atoms with Crippen LogP contribution in [0.4, 0.5) is 23.2 Å². The highest BCUT2D eigenvalue weighted by Gasteiger charge is 2.31. The van der Waals surface area contributed by atoms with E-state index in [-0.39, 0.29) is 16.4 Å². The van der Waals surface area contributed by atoms with Crippen molar-refractivity contribution in [3.63, 3.8) is 0 Å². The third kappa shape index (κ3) is 4.74. The van der Waals surface area contributed by atoms with E-state index in [9.17, 15) is 27.2 Å². The number of rotatable bonds is 5. The molecule has 0 fully saturated rings. The molecule has 7 nitrogen and oxygen atoms in total. The van der Waals surface area contributed by atoms with Crippen molar-refractivity contribution in [1.82, 2.24) is 14.8 Å². The summed E-state index contributed by atoms with van der Waals surface area (Å²) in [5, 5.41) is 5.81. The number of hydrogen-bond donors (Lipinski definition) is 1. The summed E-state index contributed by atoms with van der Waals surface area (Å²) in [5.41, 5.74) is -1.73. The van der Waals surface area contributed by atoms with Crippen LogP contribution in [0, 0.1) is 5.82 Å². The molecule has 0 spiro atoms. The van der Waals surface area contributed by atoms with Gasteiger partial charge >= 0.3 is 12.1 Å². The number of benzene rings is 2. The number of aromatic nitrogens is 3. The molecule has 0 atom stereocenters. The summed E-state index contributed by atoms with van der Waals surface area (Å²) in [5.74, 6) is -3.11. The molecule has 0 aliphatic heterocycles. The lowest BCUT2D eigenvalue weighted by molar-refractivity contribution is -0.137. The van der Waals surface area contributed by atoms with Crippen LogP contribution in [-0.4, -0.2) is 33.2 Å². The molecule has 3 rings (SSSR count). The molecule has 30 heavy (non-hydrogen) atoms. The number of esters is 1. The van der Waals surface area contributed by atoms with Gasteiger partial charge in [-0.3, -0.25) is 4.79 Å². The van der Waals surface area contributed by atoms with Crippen LogP contribution in [0.2, 0.25) is 5.02 Å². The molecule has 0 unspecified atom stereocenters. The fourth-order valence-electron chi connectivity index (χ4n) is 2.43. The normalized spacial score (nSPS) is 11.2. The van der Waals surface area contributed by atoms with E-state index >= 15 is 0 Å². The number of amides is 1. The van der Waals surface area contributed by atoms with Crippen LogP contribution in [0.3, 0.4) is 0 Å². The summed E-state index contributed by atoms with van der Waals surface area (Å²) in [6, 6.07) is 6.12. The second kappa shape index (κ2) is 8.49. The first-order valence-electron chi connectivity index (χ1n) is 8.14.